The van der Waals surface area contributed by atoms with E-state index in [1.54, 1.807) is 4.57 Å². The molecule has 0 saturated heterocycles. The number of hydrogen-bond donors (Lipinski definition) is 0. The third-order valence-corrected chi connectivity index (χ3v) is 2.83. The van der Waals surface area contributed by atoms with Gasteiger partial charge in [-0.25, -0.2) is 13.8 Å². The zero-order chi connectivity index (χ0) is 11.2. The van der Waals surface area contributed by atoms with Crippen LogP contribution in [0.3, 0.4) is 0 Å². The molecule has 0 aliphatic heterocycles. The number of benzene rings is 1. The Balaban J connectivity index is 2.85. The molecular weight excluding hydrogens is 266 g/mol. The van der Waals surface area contributed by atoms with Crippen LogP contribution in [-0.4, -0.2) is 9.55 Å². The minimum absolute atomic E-state index is 0.0464. The van der Waals surface area contributed by atoms with Gasteiger partial charge in [0.05, 0.1) is 16.3 Å². The van der Waals surface area contributed by atoms with Crippen molar-refractivity contribution in [2.24, 2.45) is 0 Å². The molecule has 2 rings (SSSR count). The summed E-state index contributed by atoms with van der Waals surface area (Å²) in [7, 11) is 0. The zero-order valence-corrected chi connectivity index (χ0v) is 9.85. The van der Waals surface area contributed by atoms with Crippen molar-refractivity contribution in [3.05, 3.63) is 28.5 Å². The molecule has 0 unspecified atom stereocenters. The molecule has 0 fully saturated rings. The summed E-state index contributed by atoms with van der Waals surface area (Å²) in [5.41, 5.74) is 0.667. The molecule has 0 bridgehead atoms. The molecule has 2 nitrogen and oxygen atoms in total. The highest BCUT2D eigenvalue weighted by molar-refractivity contribution is 9.10. The zero-order valence-electron chi connectivity index (χ0n) is 8.26. The lowest BCUT2D eigenvalue weighted by molar-refractivity contribution is 0.502. The fourth-order valence-electron chi connectivity index (χ4n) is 1.49. The predicted octanol–water partition coefficient (Wildman–Crippen LogP) is 3.66. The second kappa shape index (κ2) is 3.56. The van der Waals surface area contributed by atoms with Crippen LogP contribution in [0, 0.1) is 11.6 Å². The van der Waals surface area contributed by atoms with Gasteiger partial charge in [-0.05, 0) is 35.8 Å². The van der Waals surface area contributed by atoms with Crippen molar-refractivity contribution in [1.82, 2.24) is 9.55 Å². The molecule has 15 heavy (non-hydrogen) atoms. The van der Waals surface area contributed by atoms with Crippen molar-refractivity contribution in [1.29, 1.82) is 0 Å². The van der Waals surface area contributed by atoms with E-state index < -0.39 is 11.6 Å². The van der Waals surface area contributed by atoms with Crippen LogP contribution in [0.5, 0.6) is 0 Å². The molecule has 0 aliphatic carbocycles. The smallest absolute Gasteiger partial charge is 0.185 e. The molecule has 0 N–H and O–H groups in total. The summed E-state index contributed by atoms with van der Waals surface area (Å²) in [5.74, 6) is -1.73. The van der Waals surface area contributed by atoms with Crippen LogP contribution >= 0.6 is 15.9 Å². The normalized spacial score (nSPS) is 11.6. The summed E-state index contributed by atoms with van der Waals surface area (Å²) >= 11 is 2.95. The van der Waals surface area contributed by atoms with Crippen molar-refractivity contribution in [3.63, 3.8) is 0 Å². The lowest BCUT2D eigenvalue weighted by Crippen LogP contribution is -2.01. The monoisotopic (exact) mass is 274 g/mol. The van der Waals surface area contributed by atoms with E-state index in [0.29, 0.717) is 5.52 Å². The van der Waals surface area contributed by atoms with E-state index in [2.05, 4.69) is 20.9 Å². The van der Waals surface area contributed by atoms with Gasteiger partial charge in [0.15, 0.2) is 11.6 Å². The number of imidazole rings is 1. The van der Waals surface area contributed by atoms with E-state index in [1.165, 1.54) is 12.4 Å². The SMILES string of the molecule is CC(C)n1cnc2cc(Br)c(F)c(F)c21. The minimum atomic E-state index is -0.870. The van der Waals surface area contributed by atoms with Crippen molar-refractivity contribution >= 4 is 27.0 Å². The predicted molar refractivity (Wildman–Crippen MR) is 57.7 cm³/mol. The standard InChI is InChI=1S/C10H9BrF2N2/c1-5(2)15-4-14-7-3-6(11)8(12)9(13)10(7)15/h3-5H,1-2H3. The van der Waals surface area contributed by atoms with Crippen LogP contribution in [0.15, 0.2) is 16.9 Å². The number of nitrogens with zero attached hydrogens (tertiary/aromatic N) is 2. The fourth-order valence-corrected chi connectivity index (χ4v) is 1.88. The molecule has 0 radical (unpaired) electrons. The highest BCUT2D eigenvalue weighted by Crippen LogP contribution is 2.27. The summed E-state index contributed by atoms with van der Waals surface area (Å²) in [5, 5.41) is 0. The van der Waals surface area contributed by atoms with Gasteiger partial charge >= 0.3 is 0 Å². The van der Waals surface area contributed by atoms with Gasteiger partial charge in [0.2, 0.25) is 0 Å². The molecule has 0 atom stereocenters. The summed E-state index contributed by atoms with van der Waals surface area (Å²) in [6.45, 7) is 3.78. The molecule has 0 aliphatic rings. The number of aromatic nitrogens is 2. The lowest BCUT2D eigenvalue weighted by Gasteiger charge is -2.08. The number of fused-ring (bicyclic) bond motifs is 1. The average molecular weight is 275 g/mol. The first-order chi connectivity index (χ1) is 7.02. The minimum Gasteiger partial charge on any atom is -0.326 e. The number of rotatable bonds is 1. The maximum Gasteiger partial charge on any atom is 0.185 e. The van der Waals surface area contributed by atoms with Crippen molar-refractivity contribution in [2.45, 2.75) is 19.9 Å². The maximum atomic E-state index is 13.6. The fraction of sp³-hybridized carbons (Fsp3) is 0.300. The van der Waals surface area contributed by atoms with Gasteiger partial charge in [-0.3, -0.25) is 0 Å². The Kier molecular flexibility index (Phi) is 2.50. The molecule has 5 heteroatoms. The first-order valence-corrected chi connectivity index (χ1v) is 5.31. The second-order valence-electron chi connectivity index (χ2n) is 3.60. The third kappa shape index (κ3) is 1.55. The largest absolute Gasteiger partial charge is 0.326 e. The van der Waals surface area contributed by atoms with Crippen molar-refractivity contribution in [3.8, 4) is 0 Å². The molecule has 0 spiro atoms. The molecule has 2 aromatic rings. The Hall–Kier alpha value is -0.970. The van der Waals surface area contributed by atoms with Crippen LogP contribution in [0.25, 0.3) is 11.0 Å². The third-order valence-electron chi connectivity index (χ3n) is 2.25. The molecule has 0 saturated carbocycles. The van der Waals surface area contributed by atoms with Gasteiger partial charge in [-0.1, -0.05) is 0 Å². The number of halogens is 3. The molecule has 1 aromatic carbocycles. The Morgan fingerprint density at radius 2 is 2.00 bits per heavy atom. The van der Waals surface area contributed by atoms with Crippen molar-refractivity contribution in [2.75, 3.05) is 0 Å². The van der Waals surface area contributed by atoms with Gasteiger partial charge in [0.25, 0.3) is 0 Å². The van der Waals surface area contributed by atoms with Gasteiger partial charge in [0, 0.05) is 6.04 Å². The highest BCUT2D eigenvalue weighted by atomic mass is 79.9. The second-order valence-corrected chi connectivity index (χ2v) is 4.45. The Morgan fingerprint density at radius 3 is 2.60 bits per heavy atom. The molecule has 0 amide bonds. The molecule has 80 valence electrons. The lowest BCUT2D eigenvalue weighted by atomic mass is 10.2. The van der Waals surface area contributed by atoms with Crippen LogP contribution in [-0.2, 0) is 0 Å². The van der Waals surface area contributed by atoms with E-state index >= 15 is 0 Å². The van der Waals surface area contributed by atoms with E-state index in [4.69, 9.17) is 0 Å². The van der Waals surface area contributed by atoms with Crippen LogP contribution in [0.4, 0.5) is 8.78 Å². The number of hydrogen-bond acceptors (Lipinski definition) is 1. The Labute approximate surface area is 94.0 Å². The van der Waals surface area contributed by atoms with Gasteiger partial charge in [0.1, 0.15) is 5.52 Å². The van der Waals surface area contributed by atoms with Gasteiger partial charge in [-0.2, -0.15) is 0 Å². The molecular formula is C10H9BrF2N2. The first-order valence-electron chi connectivity index (χ1n) is 4.52. The highest BCUT2D eigenvalue weighted by Gasteiger charge is 2.17. The van der Waals surface area contributed by atoms with Gasteiger partial charge in [-0.15, -0.1) is 0 Å². The van der Waals surface area contributed by atoms with Crippen LogP contribution < -0.4 is 0 Å². The molecule has 1 aromatic heterocycles. The topological polar surface area (TPSA) is 17.8 Å². The van der Waals surface area contributed by atoms with Crippen molar-refractivity contribution < 1.29 is 8.78 Å². The molecule has 1 heterocycles. The van der Waals surface area contributed by atoms with E-state index in [-0.39, 0.29) is 16.0 Å². The van der Waals surface area contributed by atoms with Crippen LogP contribution in [0.2, 0.25) is 0 Å². The van der Waals surface area contributed by atoms with E-state index in [0.717, 1.165) is 0 Å². The summed E-state index contributed by atoms with van der Waals surface area (Å²) < 4.78 is 28.7. The quantitative estimate of drug-likeness (QED) is 0.726. The Bertz CT molecular complexity index is 520. The van der Waals surface area contributed by atoms with E-state index in [1.807, 2.05) is 13.8 Å². The summed E-state index contributed by atoms with van der Waals surface area (Å²) in [6, 6.07) is 1.53. The van der Waals surface area contributed by atoms with E-state index in [9.17, 15) is 8.78 Å². The summed E-state index contributed by atoms with van der Waals surface area (Å²) in [4.78, 5) is 4.03. The Morgan fingerprint density at radius 1 is 1.33 bits per heavy atom. The van der Waals surface area contributed by atoms with Crippen LogP contribution in [0.1, 0.15) is 19.9 Å². The average Bonchev–Trinajstić information content (AvgIpc) is 2.58. The van der Waals surface area contributed by atoms with Gasteiger partial charge < -0.3 is 4.57 Å². The summed E-state index contributed by atoms with van der Waals surface area (Å²) in [6.07, 6.45) is 1.52. The maximum absolute atomic E-state index is 13.6. The first kappa shape index (κ1) is 10.5.